The first kappa shape index (κ1) is 14.0. The zero-order chi connectivity index (χ0) is 14.8. The first-order valence-corrected chi connectivity index (χ1v) is 7.66. The van der Waals surface area contributed by atoms with Gasteiger partial charge >= 0.3 is 0 Å². The average molecular weight is 299 g/mol. The second kappa shape index (κ2) is 5.79. The topological polar surface area (TPSA) is 49.2 Å². The number of benzene rings is 1. The quantitative estimate of drug-likeness (QED) is 0.804. The van der Waals surface area contributed by atoms with Crippen LogP contribution in [0.4, 0.5) is 5.82 Å². The summed E-state index contributed by atoms with van der Waals surface area (Å²) in [5.74, 6) is 0.866. The molecule has 0 aliphatic carbocycles. The Morgan fingerprint density at radius 3 is 2.81 bits per heavy atom. The molecule has 1 aromatic carbocycles. The van der Waals surface area contributed by atoms with Gasteiger partial charge in [0.2, 0.25) is 0 Å². The Kier molecular flexibility index (Phi) is 3.86. The van der Waals surface area contributed by atoms with Crippen molar-refractivity contribution in [1.82, 2.24) is 9.97 Å². The highest BCUT2D eigenvalue weighted by atomic mass is 32.1. The van der Waals surface area contributed by atoms with Crippen LogP contribution in [0.25, 0.3) is 10.9 Å². The maximum Gasteiger partial charge on any atom is 0.129 e. The molecule has 108 valence electrons. The standard InChI is InChI=1S/C16H17N3OS/c1-11-15(21-10-17-11)8-19(2)16-7-12(9-20)13-5-3-4-6-14(13)18-16/h3-7,10,20H,8-9H2,1-2H3. The van der Waals surface area contributed by atoms with Gasteiger partial charge < -0.3 is 10.0 Å². The minimum atomic E-state index is 0.0173. The summed E-state index contributed by atoms with van der Waals surface area (Å²) in [5, 5.41) is 10.6. The summed E-state index contributed by atoms with van der Waals surface area (Å²) < 4.78 is 0. The lowest BCUT2D eigenvalue weighted by Gasteiger charge is -2.19. The van der Waals surface area contributed by atoms with E-state index in [1.165, 1.54) is 4.88 Å². The number of aliphatic hydroxyl groups is 1. The smallest absolute Gasteiger partial charge is 0.129 e. The number of anilines is 1. The van der Waals surface area contributed by atoms with Gasteiger partial charge in [-0.05, 0) is 24.6 Å². The lowest BCUT2D eigenvalue weighted by atomic mass is 10.1. The number of nitrogens with zero attached hydrogens (tertiary/aromatic N) is 3. The lowest BCUT2D eigenvalue weighted by molar-refractivity contribution is 0.283. The van der Waals surface area contributed by atoms with E-state index < -0.39 is 0 Å². The summed E-state index contributed by atoms with van der Waals surface area (Å²) >= 11 is 1.66. The highest BCUT2D eigenvalue weighted by Crippen LogP contribution is 2.24. The van der Waals surface area contributed by atoms with Gasteiger partial charge in [-0.15, -0.1) is 11.3 Å². The summed E-state index contributed by atoms with van der Waals surface area (Å²) in [6, 6.07) is 9.86. The van der Waals surface area contributed by atoms with Gasteiger partial charge in [0.25, 0.3) is 0 Å². The number of rotatable bonds is 4. The Bertz CT molecular complexity index is 769. The number of aliphatic hydroxyl groups excluding tert-OH is 1. The lowest BCUT2D eigenvalue weighted by Crippen LogP contribution is -2.18. The van der Waals surface area contributed by atoms with E-state index >= 15 is 0 Å². The van der Waals surface area contributed by atoms with Crippen molar-refractivity contribution in [2.75, 3.05) is 11.9 Å². The van der Waals surface area contributed by atoms with Gasteiger partial charge in [-0.3, -0.25) is 0 Å². The zero-order valence-electron chi connectivity index (χ0n) is 12.1. The number of hydrogen-bond donors (Lipinski definition) is 1. The molecule has 5 heteroatoms. The van der Waals surface area contributed by atoms with Gasteiger partial charge in [-0.2, -0.15) is 0 Å². The van der Waals surface area contributed by atoms with Crippen LogP contribution in [0.2, 0.25) is 0 Å². The second-order valence-corrected chi connectivity index (χ2v) is 5.97. The first-order valence-electron chi connectivity index (χ1n) is 6.78. The van der Waals surface area contributed by atoms with Crippen molar-refractivity contribution in [3.63, 3.8) is 0 Å². The number of pyridine rings is 1. The Hall–Kier alpha value is -1.98. The van der Waals surface area contributed by atoms with E-state index in [0.29, 0.717) is 0 Å². The fourth-order valence-electron chi connectivity index (χ4n) is 2.33. The number of fused-ring (bicyclic) bond motifs is 1. The predicted octanol–water partition coefficient (Wildman–Crippen LogP) is 3.13. The van der Waals surface area contributed by atoms with Gasteiger partial charge in [0.15, 0.2) is 0 Å². The minimum absolute atomic E-state index is 0.0173. The van der Waals surface area contributed by atoms with E-state index in [9.17, 15) is 5.11 Å². The highest BCUT2D eigenvalue weighted by Gasteiger charge is 2.11. The number of aromatic nitrogens is 2. The fourth-order valence-corrected chi connectivity index (χ4v) is 3.16. The van der Waals surface area contributed by atoms with Crippen LogP contribution in [0.3, 0.4) is 0 Å². The first-order chi connectivity index (χ1) is 10.2. The van der Waals surface area contributed by atoms with E-state index in [4.69, 9.17) is 4.98 Å². The van der Waals surface area contributed by atoms with Crippen LogP contribution >= 0.6 is 11.3 Å². The van der Waals surface area contributed by atoms with Gasteiger partial charge in [-0.1, -0.05) is 18.2 Å². The maximum absolute atomic E-state index is 9.59. The third-order valence-electron chi connectivity index (χ3n) is 3.58. The molecule has 0 spiro atoms. The molecule has 0 saturated heterocycles. The normalized spacial score (nSPS) is 11.0. The molecule has 0 bridgehead atoms. The summed E-state index contributed by atoms with van der Waals surface area (Å²) in [4.78, 5) is 12.3. The molecule has 0 radical (unpaired) electrons. The minimum Gasteiger partial charge on any atom is -0.392 e. The Balaban J connectivity index is 1.98. The van der Waals surface area contributed by atoms with Crippen molar-refractivity contribution in [3.05, 3.63) is 52.0 Å². The molecule has 2 aromatic heterocycles. The average Bonchev–Trinajstić information content (AvgIpc) is 2.91. The molecule has 0 atom stereocenters. The van der Waals surface area contributed by atoms with Gasteiger partial charge in [0.05, 0.1) is 29.9 Å². The Labute approximate surface area is 127 Å². The number of hydrogen-bond acceptors (Lipinski definition) is 5. The summed E-state index contributed by atoms with van der Waals surface area (Å²) in [6.45, 7) is 2.81. The summed E-state index contributed by atoms with van der Waals surface area (Å²) in [6.07, 6.45) is 0. The van der Waals surface area contributed by atoms with Crippen molar-refractivity contribution in [3.8, 4) is 0 Å². The molecule has 0 fully saturated rings. The molecule has 0 unspecified atom stereocenters. The van der Waals surface area contributed by atoms with Gasteiger partial charge in [0, 0.05) is 17.3 Å². The van der Waals surface area contributed by atoms with E-state index in [0.717, 1.165) is 34.5 Å². The fraction of sp³-hybridized carbons (Fsp3) is 0.250. The maximum atomic E-state index is 9.59. The monoisotopic (exact) mass is 299 g/mol. The van der Waals surface area contributed by atoms with Crippen LogP contribution in [-0.4, -0.2) is 22.1 Å². The van der Waals surface area contributed by atoms with Crippen LogP contribution in [0.1, 0.15) is 16.1 Å². The molecule has 2 heterocycles. The van der Waals surface area contributed by atoms with Crippen LogP contribution in [0.15, 0.2) is 35.8 Å². The second-order valence-electron chi connectivity index (χ2n) is 5.03. The molecule has 0 amide bonds. The van der Waals surface area contributed by atoms with Crippen molar-refractivity contribution in [1.29, 1.82) is 0 Å². The van der Waals surface area contributed by atoms with E-state index in [1.807, 2.05) is 49.8 Å². The van der Waals surface area contributed by atoms with Crippen LogP contribution in [0, 0.1) is 6.92 Å². The molecular formula is C16H17N3OS. The van der Waals surface area contributed by atoms with Crippen LogP contribution in [-0.2, 0) is 13.2 Å². The molecular weight excluding hydrogens is 282 g/mol. The number of aryl methyl sites for hydroxylation is 1. The number of para-hydroxylation sites is 1. The molecule has 0 aliphatic rings. The van der Waals surface area contributed by atoms with Crippen molar-refractivity contribution < 1.29 is 5.11 Å². The largest absolute Gasteiger partial charge is 0.392 e. The van der Waals surface area contributed by atoms with Crippen molar-refractivity contribution in [2.45, 2.75) is 20.1 Å². The van der Waals surface area contributed by atoms with Crippen LogP contribution in [0.5, 0.6) is 0 Å². The molecule has 0 aliphatic heterocycles. The molecule has 21 heavy (non-hydrogen) atoms. The van der Waals surface area contributed by atoms with Crippen molar-refractivity contribution in [2.24, 2.45) is 0 Å². The Morgan fingerprint density at radius 1 is 1.29 bits per heavy atom. The molecule has 0 saturated carbocycles. The molecule has 4 nitrogen and oxygen atoms in total. The highest BCUT2D eigenvalue weighted by molar-refractivity contribution is 7.09. The van der Waals surface area contributed by atoms with Gasteiger partial charge in [0.1, 0.15) is 5.82 Å². The van der Waals surface area contributed by atoms with E-state index in [1.54, 1.807) is 11.3 Å². The third-order valence-corrected chi connectivity index (χ3v) is 4.50. The SMILES string of the molecule is Cc1ncsc1CN(C)c1cc(CO)c2ccccc2n1. The third kappa shape index (κ3) is 2.75. The van der Waals surface area contributed by atoms with E-state index in [2.05, 4.69) is 9.88 Å². The van der Waals surface area contributed by atoms with Gasteiger partial charge in [-0.25, -0.2) is 9.97 Å². The number of thiazole rings is 1. The predicted molar refractivity (Wildman–Crippen MR) is 86.6 cm³/mol. The summed E-state index contributed by atoms with van der Waals surface area (Å²) in [7, 11) is 2.01. The zero-order valence-corrected chi connectivity index (χ0v) is 12.9. The van der Waals surface area contributed by atoms with E-state index in [-0.39, 0.29) is 6.61 Å². The summed E-state index contributed by atoms with van der Waals surface area (Å²) in [5.41, 5.74) is 4.75. The van der Waals surface area contributed by atoms with Crippen molar-refractivity contribution >= 4 is 28.1 Å². The molecule has 3 rings (SSSR count). The Morgan fingerprint density at radius 2 is 2.10 bits per heavy atom. The molecule has 3 aromatic rings. The van der Waals surface area contributed by atoms with Crippen LogP contribution < -0.4 is 4.90 Å². The molecule has 1 N–H and O–H groups in total.